The summed E-state index contributed by atoms with van der Waals surface area (Å²) in [6, 6.07) is 9.11. The highest BCUT2D eigenvalue weighted by Gasteiger charge is 2.21. The maximum Gasteiger partial charge on any atom is 0.243 e. The number of aliphatic hydroxyl groups is 1. The lowest BCUT2D eigenvalue weighted by Crippen LogP contribution is -2.29. The van der Waals surface area contributed by atoms with Crippen LogP contribution in [0.15, 0.2) is 47.4 Å². The Kier molecular flexibility index (Phi) is 4.90. The number of halogens is 2. The van der Waals surface area contributed by atoms with E-state index in [0.29, 0.717) is 11.6 Å². The van der Waals surface area contributed by atoms with Crippen molar-refractivity contribution in [1.29, 1.82) is 0 Å². The molecule has 2 aromatic rings. The lowest BCUT2D eigenvalue weighted by atomic mass is 10.0. The molecule has 118 valence electrons. The van der Waals surface area contributed by atoms with Crippen LogP contribution in [0.1, 0.15) is 17.2 Å². The number of nitrogens with one attached hydrogen (secondary N) is 1. The highest BCUT2D eigenvalue weighted by Crippen LogP contribution is 2.19. The first-order valence-electron chi connectivity index (χ1n) is 6.49. The van der Waals surface area contributed by atoms with Crippen LogP contribution in [0.3, 0.4) is 0 Å². The molecule has 7 heteroatoms. The van der Waals surface area contributed by atoms with Crippen molar-refractivity contribution in [3.05, 3.63) is 65.2 Å². The Bertz CT molecular complexity index is 778. The van der Waals surface area contributed by atoms with E-state index in [1.807, 2.05) is 0 Å². The summed E-state index contributed by atoms with van der Waals surface area (Å²) in [4.78, 5) is -0.788. The number of rotatable bonds is 5. The van der Waals surface area contributed by atoms with Crippen LogP contribution in [-0.4, -0.2) is 20.1 Å². The summed E-state index contributed by atoms with van der Waals surface area (Å²) in [5.74, 6) is -1.92. The van der Waals surface area contributed by atoms with Gasteiger partial charge in [0.05, 0.1) is 6.10 Å². The van der Waals surface area contributed by atoms with E-state index in [0.717, 1.165) is 17.7 Å². The molecule has 4 nitrogen and oxygen atoms in total. The van der Waals surface area contributed by atoms with Crippen molar-refractivity contribution in [3.8, 4) is 0 Å². The van der Waals surface area contributed by atoms with Crippen LogP contribution in [0.2, 0.25) is 0 Å². The second-order valence-electron chi connectivity index (χ2n) is 4.80. The summed E-state index contributed by atoms with van der Waals surface area (Å²) in [5.41, 5.74) is 1.36. The molecule has 0 aliphatic heterocycles. The van der Waals surface area contributed by atoms with Crippen LogP contribution in [-0.2, 0) is 10.0 Å². The Morgan fingerprint density at radius 3 is 2.55 bits per heavy atom. The fraction of sp³-hybridized carbons (Fsp3) is 0.200. The van der Waals surface area contributed by atoms with E-state index in [-0.39, 0.29) is 6.54 Å². The van der Waals surface area contributed by atoms with E-state index in [1.54, 1.807) is 31.2 Å². The molecule has 0 heterocycles. The first-order valence-corrected chi connectivity index (χ1v) is 7.98. The summed E-state index contributed by atoms with van der Waals surface area (Å²) in [5, 5.41) is 10.0. The van der Waals surface area contributed by atoms with Gasteiger partial charge in [0.25, 0.3) is 0 Å². The van der Waals surface area contributed by atoms with Crippen LogP contribution < -0.4 is 4.72 Å². The average molecular weight is 327 g/mol. The molecule has 2 aromatic carbocycles. The molecule has 0 radical (unpaired) electrons. The van der Waals surface area contributed by atoms with Crippen molar-refractivity contribution in [3.63, 3.8) is 0 Å². The van der Waals surface area contributed by atoms with Crippen molar-refractivity contribution >= 4 is 10.0 Å². The summed E-state index contributed by atoms with van der Waals surface area (Å²) >= 11 is 0. The number of hydrogen-bond acceptors (Lipinski definition) is 3. The molecule has 0 fully saturated rings. The fourth-order valence-corrected chi connectivity index (χ4v) is 3.15. The van der Waals surface area contributed by atoms with E-state index in [1.165, 1.54) is 0 Å². The number of hydrogen-bond donors (Lipinski definition) is 2. The Balaban J connectivity index is 2.16. The zero-order valence-corrected chi connectivity index (χ0v) is 12.6. The second-order valence-corrected chi connectivity index (χ2v) is 6.53. The largest absolute Gasteiger partial charge is 0.387 e. The minimum absolute atomic E-state index is 0.344. The maximum absolute atomic E-state index is 13.5. The highest BCUT2D eigenvalue weighted by molar-refractivity contribution is 7.89. The molecule has 0 amide bonds. The molecule has 0 saturated carbocycles. The van der Waals surface area contributed by atoms with Gasteiger partial charge < -0.3 is 5.11 Å². The topological polar surface area (TPSA) is 66.4 Å². The number of sulfonamides is 1. The van der Waals surface area contributed by atoms with Crippen molar-refractivity contribution in [2.24, 2.45) is 0 Å². The van der Waals surface area contributed by atoms with E-state index in [4.69, 9.17) is 0 Å². The lowest BCUT2D eigenvalue weighted by Gasteiger charge is -2.15. The van der Waals surface area contributed by atoms with Crippen molar-refractivity contribution in [2.75, 3.05) is 6.54 Å². The smallest absolute Gasteiger partial charge is 0.243 e. The van der Waals surface area contributed by atoms with Gasteiger partial charge in [-0.3, -0.25) is 0 Å². The second kappa shape index (κ2) is 6.51. The first kappa shape index (κ1) is 16.5. The minimum Gasteiger partial charge on any atom is -0.387 e. The van der Waals surface area contributed by atoms with Gasteiger partial charge in [-0.1, -0.05) is 24.3 Å². The van der Waals surface area contributed by atoms with E-state index >= 15 is 0 Å². The molecule has 22 heavy (non-hydrogen) atoms. The van der Waals surface area contributed by atoms with Gasteiger partial charge in [0.2, 0.25) is 10.0 Å². The van der Waals surface area contributed by atoms with Gasteiger partial charge in [-0.2, -0.15) is 0 Å². The Labute approximate surface area is 127 Å². The van der Waals surface area contributed by atoms with Gasteiger partial charge in [-0.25, -0.2) is 21.9 Å². The van der Waals surface area contributed by atoms with Crippen LogP contribution >= 0.6 is 0 Å². The SMILES string of the molecule is Cc1ccccc1C(O)CNS(=O)(=O)c1cc(F)ccc1F. The predicted molar refractivity (Wildman–Crippen MR) is 77.7 cm³/mol. The van der Waals surface area contributed by atoms with Crippen molar-refractivity contribution in [1.82, 2.24) is 4.72 Å². The minimum atomic E-state index is -4.25. The predicted octanol–water partition coefficient (Wildman–Crippen LogP) is 2.29. The third kappa shape index (κ3) is 3.68. The zero-order chi connectivity index (χ0) is 16.3. The van der Waals surface area contributed by atoms with Crippen LogP contribution in [0.4, 0.5) is 8.78 Å². The summed E-state index contributed by atoms with van der Waals surface area (Å²) in [6.45, 7) is 1.43. The van der Waals surface area contributed by atoms with Crippen LogP contribution in [0, 0.1) is 18.6 Å². The van der Waals surface area contributed by atoms with E-state index in [2.05, 4.69) is 4.72 Å². The Morgan fingerprint density at radius 2 is 1.86 bits per heavy atom. The molecule has 0 aliphatic carbocycles. The third-order valence-corrected chi connectivity index (χ3v) is 4.64. The standard InChI is InChI=1S/C15H15F2NO3S/c1-10-4-2-3-5-12(10)14(19)9-18-22(20,21)15-8-11(16)6-7-13(15)17/h2-8,14,18-19H,9H2,1H3. The molecular weight excluding hydrogens is 312 g/mol. The maximum atomic E-state index is 13.5. The van der Waals surface area contributed by atoms with Gasteiger partial charge in [0.1, 0.15) is 16.5 Å². The van der Waals surface area contributed by atoms with E-state index in [9.17, 15) is 22.3 Å². The molecule has 0 aliphatic rings. The van der Waals surface area contributed by atoms with Gasteiger partial charge in [-0.15, -0.1) is 0 Å². The molecule has 1 unspecified atom stereocenters. The van der Waals surface area contributed by atoms with Gasteiger partial charge in [-0.05, 0) is 36.2 Å². The van der Waals surface area contributed by atoms with Crippen molar-refractivity contribution in [2.45, 2.75) is 17.9 Å². The Morgan fingerprint density at radius 1 is 1.18 bits per heavy atom. The number of benzene rings is 2. The van der Waals surface area contributed by atoms with E-state index < -0.39 is 32.7 Å². The molecule has 0 spiro atoms. The molecule has 0 saturated heterocycles. The summed E-state index contributed by atoms with van der Waals surface area (Å²) in [7, 11) is -4.25. The zero-order valence-electron chi connectivity index (χ0n) is 11.8. The molecule has 2 N–H and O–H groups in total. The Hall–Kier alpha value is -1.83. The molecule has 0 bridgehead atoms. The van der Waals surface area contributed by atoms with Crippen LogP contribution in [0.5, 0.6) is 0 Å². The van der Waals surface area contributed by atoms with Gasteiger partial charge >= 0.3 is 0 Å². The monoisotopic (exact) mass is 327 g/mol. The number of aliphatic hydroxyl groups excluding tert-OH is 1. The average Bonchev–Trinajstić information content (AvgIpc) is 2.48. The number of aryl methyl sites for hydroxylation is 1. The molecule has 1 atom stereocenters. The first-order chi connectivity index (χ1) is 10.3. The van der Waals surface area contributed by atoms with Gasteiger partial charge in [0.15, 0.2) is 0 Å². The quantitative estimate of drug-likeness (QED) is 0.885. The molecule has 0 aromatic heterocycles. The summed E-state index contributed by atoms with van der Waals surface area (Å²) < 4.78 is 52.7. The van der Waals surface area contributed by atoms with Crippen LogP contribution in [0.25, 0.3) is 0 Å². The lowest BCUT2D eigenvalue weighted by molar-refractivity contribution is 0.181. The highest BCUT2D eigenvalue weighted by atomic mass is 32.2. The molecular formula is C15H15F2NO3S. The normalized spacial score (nSPS) is 13.1. The van der Waals surface area contributed by atoms with Gasteiger partial charge in [0, 0.05) is 6.54 Å². The summed E-state index contributed by atoms with van der Waals surface area (Å²) in [6.07, 6.45) is -1.09. The van der Waals surface area contributed by atoms with Crippen molar-refractivity contribution < 1.29 is 22.3 Å². The molecule has 2 rings (SSSR count). The fourth-order valence-electron chi connectivity index (χ4n) is 2.02. The third-order valence-electron chi connectivity index (χ3n) is 3.20.